The number of carbonyl (C=O) groups excluding carboxylic acids is 2. The van der Waals surface area contributed by atoms with Gasteiger partial charge in [-0.05, 0) is 57.8 Å². The fourth-order valence-electron chi connectivity index (χ4n) is 9.93. The Balaban J connectivity index is 3.49. The number of carbonyl (C=O) groups is 2. The summed E-state index contributed by atoms with van der Waals surface area (Å²) in [6.07, 6.45) is 73.3. The molecule has 0 rings (SSSR count). The number of rotatable bonds is 59. The molecule has 6 heteroatoms. The van der Waals surface area contributed by atoms with Gasteiger partial charge in [-0.25, -0.2) is 0 Å². The summed E-state index contributed by atoms with van der Waals surface area (Å²) in [6, 6.07) is -0.559. The van der Waals surface area contributed by atoms with Crippen LogP contribution in [0.4, 0.5) is 0 Å². The minimum absolute atomic E-state index is 0.0179. The van der Waals surface area contributed by atoms with Gasteiger partial charge in [-0.2, -0.15) is 0 Å². The molecule has 2 atom stereocenters. The molecule has 0 fully saturated rings. The fraction of sp³-hybridized carbons (Fsp3) is 0.906. The van der Waals surface area contributed by atoms with Crippen LogP contribution in [0.1, 0.15) is 348 Å². The van der Waals surface area contributed by atoms with Gasteiger partial charge in [0.2, 0.25) is 5.91 Å². The van der Waals surface area contributed by atoms with Crippen molar-refractivity contribution in [2.24, 2.45) is 0 Å². The molecule has 0 aromatic rings. The number of allylic oxidation sites excluding steroid dienone is 4. The summed E-state index contributed by atoms with van der Waals surface area (Å²) in [6.45, 7) is 4.93. The number of aliphatic hydroxyl groups excluding tert-OH is 2. The Morgan fingerprint density at radius 2 is 0.700 bits per heavy atom. The molecular formula is C64H123NO5. The number of nitrogens with one attached hydrogen (secondary N) is 1. The molecule has 414 valence electrons. The zero-order chi connectivity index (χ0) is 50.7. The third-order valence-electron chi connectivity index (χ3n) is 14.8. The van der Waals surface area contributed by atoms with Crippen molar-refractivity contribution < 1.29 is 24.5 Å². The lowest BCUT2D eigenvalue weighted by molar-refractivity contribution is -0.143. The molecule has 0 radical (unpaired) electrons. The number of hydrogen-bond donors (Lipinski definition) is 3. The molecule has 0 bridgehead atoms. The van der Waals surface area contributed by atoms with Gasteiger partial charge in [0.15, 0.2) is 0 Å². The second kappa shape index (κ2) is 59.9. The van der Waals surface area contributed by atoms with E-state index < -0.39 is 12.1 Å². The Morgan fingerprint density at radius 1 is 0.400 bits per heavy atom. The summed E-state index contributed by atoms with van der Waals surface area (Å²) in [7, 11) is 0. The highest BCUT2D eigenvalue weighted by atomic mass is 16.5. The molecular weight excluding hydrogens is 863 g/mol. The standard InChI is InChI=1S/C64H123NO5/c1-3-5-7-9-11-13-15-17-19-20-21-22-23-24-25-26-29-32-36-40-44-48-52-56-62(67)61(60-66)65-63(68)57-53-49-45-41-37-33-30-27-31-35-39-43-47-51-55-59-70-64(69)58-54-50-46-42-38-34-28-18-16-14-12-10-8-6-4-2/h27,31,35,39,61-62,66-67H,3-26,28-30,32-34,36-38,40-60H2,1-2H3,(H,65,68)/b31-27-,39-35-. The van der Waals surface area contributed by atoms with Gasteiger partial charge in [0.1, 0.15) is 0 Å². The quantitative estimate of drug-likeness (QED) is 0.0321. The van der Waals surface area contributed by atoms with E-state index in [0.717, 1.165) is 77.0 Å². The molecule has 3 N–H and O–H groups in total. The van der Waals surface area contributed by atoms with Crippen LogP contribution >= 0.6 is 0 Å². The first-order valence-electron chi connectivity index (χ1n) is 31.6. The van der Waals surface area contributed by atoms with E-state index in [1.807, 2.05) is 0 Å². The van der Waals surface area contributed by atoms with E-state index in [4.69, 9.17) is 4.74 Å². The number of ether oxygens (including phenoxy) is 1. The van der Waals surface area contributed by atoms with Crippen LogP contribution in [0.2, 0.25) is 0 Å². The van der Waals surface area contributed by atoms with Crippen molar-refractivity contribution in [1.29, 1.82) is 0 Å². The Bertz CT molecular complexity index is 1090. The second-order valence-corrected chi connectivity index (χ2v) is 21.8. The van der Waals surface area contributed by atoms with Crippen molar-refractivity contribution in [1.82, 2.24) is 5.32 Å². The summed E-state index contributed by atoms with van der Waals surface area (Å²) in [4.78, 5) is 24.6. The summed E-state index contributed by atoms with van der Waals surface area (Å²) in [5.41, 5.74) is 0. The molecule has 0 heterocycles. The highest BCUT2D eigenvalue weighted by Gasteiger charge is 2.20. The largest absolute Gasteiger partial charge is 0.466 e. The van der Waals surface area contributed by atoms with Gasteiger partial charge in [-0.1, -0.05) is 301 Å². The van der Waals surface area contributed by atoms with Crippen LogP contribution in [-0.4, -0.2) is 47.4 Å². The zero-order valence-corrected chi connectivity index (χ0v) is 47.3. The van der Waals surface area contributed by atoms with Crippen molar-refractivity contribution in [3.63, 3.8) is 0 Å². The summed E-state index contributed by atoms with van der Waals surface area (Å²) < 4.78 is 5.46. The minimum Gasteiger partial charge on any atom is -0.466 e. The second-order valence-electron chi connectivity index (χ2n) is 21.8. The first-order chi connectivity index (χ1) is 34.5. The highest BCUT2D eigenvalue weighted by Crippen LogP contribution is 2.18. The van der Waals surface area contributed by atoms with E-state index in [1.54, 1.807) is 0 Å². The highest BCUT2D eigenvalue weighted by molar-refractivity contribution is 5.76. The molecule has 0 aromatic carbocycles. The SMILES string of the molecule is CCCCCCCCCCCCCCCCCCCCCCCCCC(O)C(CO)NC(=O)CCCCCCCC/C=C\C=C/CCCCCOC(=O)CCCCCCCCCCCCCCCCC. The molecule has 0 saturated carbocycles. The molecule has 1 amide bonds. The molecule has 0 aliphatic heterocycles. The lowest BCUT2D eigenvalue weighted by Gasteiger charge is -2.22. The van der Waals surface area contributed by atoms with Gasteiger partial charge >= 0.3 is 5.97 Å². The van der Waals surface area contributed by atoms with Gasteiger partial charge in [-0.15, -0.1) is 0 Å². The van der Waals surface area contributed by atoms with Crippen molar-refractivity contribution in [3.05, 3.63) is 24.3 Å². The van der Waals surface area contributed by atoms with Gasteiger partial charge in [0.25, 0.3) is 0 Å². The van der Waals surface area contributed by atoms with Crippen molar-refractivity contribution >= 4 is 11.9 Å². The predicted molar refractivity (Wildman–Crippen MR) is 306 cm³/mol. The Morgan fingerprint density at radius 3 is 1.06 bits per heavy atom. The van der Waals surface area contributed by atoms with E-state index in [-0.39, 0.29) is 18.5 Å². The van der Waals surface area contributed by atoms with Crippen LogP contribution in [0.15, 0.2) is 24.3 Å². The Hall–Kier alpha value is -1.66. The molecule has 0 aliphatic carbocycles. The fourth-order valence-corrected chi connectivity index (χ4v) is 9.93. The first-order valence-corrected chi connectivity index (χ1v) is 31.6. The predicted octanol–water partition coefficient (Wildman–Crippen LogP) is 19.8. The zero-order valence-electron chi connectivity index (χ0n) is 47.3. The number of esters is 1. The van der Waals surface area contributed by atoms with Crippen LogP contribution in [0.5, 0.6) is 0 Å². The lowest BCUT2D eigenvalue weighted by Crippen LogP contribution is -2.45. The van der Waals surface area contributed by atoms with Crippen molar-refractivity contribution in [3.8, 4) is 0 Å². The molecule has 6 nitrogen and oxygen atoms in total. The Labute approximate surface area is 437 Å². The van der Waals surface area contributed by atoms with Gasteiger partial charge in [-0.3, -0.25) is 9.59 Å². The number of amides is 1. The molecule has 70 heavy (non-hydrogen) atoms. The van der Waals surface area contributed by atoms with E-state index >= 15 is 0 Å². The summed E-state index contributed by atoms with van der Waals surface area (Å²) in [5.74, 6) is -0.0715. The van der Waals surface area contributed by atoms with Crippen LogP contribution in [0.3, 0.4) is 0 Å². The molecule has 0 aromatic heterocycles. The third-order valence-corrected chi connectivity index (χ3v) is 14.8. The summed E-state index contributed by atoms with van der Waals surface area (Å²) in [5, 5.41) is 23.4. The van der Waals surface area contributed by atoms with E-state index in [1.165, 1.54) is 238 Å². The monoisotopic (exact) mass is 986 g/mol. The Kier molecular flexibility index (Phi) is 58.5. The van der Waals surface area contributed by atoms with E-state index in [9.17, 15) is 19.8 Å². The molecule has 2 unspecified atom stereocenters. The van der Waals surface area contributed by atoms with E-state index in [2.05, 4.69) is 43.5 Å². The number of aliphatic hydroxyl groups is 2. The maximum atomic E-state index is 12.5. The van der Waals surface area contributed by atoms with Crippen LogP contribution < -0.4 is 5.32 Å². The topological polar surface area (TPSA) is 95.9 Å². The van der Waals surface area contributed by atoms with Crippen LogP contribution in [-0.2, 0) is 14.3 Å². The van der Waals surface area contributed by atoms with Crippen LogP contribution in [0, 0.1) is 0 Å². The number of unbranched alkanes of at least 4 members (excludes halogenated alkanes) is 45. The maximum absolute atomic E-state index is 12.5. The molecule has 0 spiro atoms. The minimum atomic E-state index is -0.680. The number of hydrogen-bond acceptors (Lipinski definition) is 5. The summed E-state index contributed by atoms with van der Waals surface area (Å²) >= 11 is 0. The van der Waals surface area contributed by atoms with Gasteiger partial charge in [0.05, 0.1) is 25.4 Å². The first kappa shape index (κ1) is 68.3. The van der Waals surface area contributed by atoms with Gasteiger partial charge < -0.3 is 20.3 Å². The van der Waals surface area contributed by atoms with Gasteiger partial charge in [0, 0.05) is 12.8 Å². The average Bonchev–Trinajstić information content (AvgIpc) is 3.36. The van der Waals surface area contributed by atoms with E-state index in [0.29, 0.717) is 25.9 Å². The molecule has 0 saturated heterocycles. The normalized spacial score (nSPS) is 12.7. The third kappa shape index (κ3) is 55.7. The molecule has 0 aliphatic rings. The maximum Gasteiger partial charge on any atom is 0.305 e. The van der Waals surface area contributed by atoms with Crippen molar-refractivity contribution in [2.45, 2.75) is 360 Å². The lowest BCUT2D eigenvalue weighted by atomic mass is 10.0. The van der Waals surface area contributed by atoms with Crippen LogP contribution in [0.25, 0.3) is 0 Å². The smallest absolute Gasteiger partial charge is 0.305 e. The van der Waals surface area contributed by atoms with Crippen molar-refractivity contribution in [2.75, 3.05) is 13.2 Å². The average molecular weight is 987 g/mol.